The molecule has 1 aliphatic rings. The van der Waals surface area contributed by atoms with E-state index in [1.54, 1.807) is 19.9 Å². The van der Waals surface area contributed by atoms with Crippen molar-refractivity contribution >= 4 is 41.1 Å². The van der Waals surface area contributed by atoms with Crippen LogP contribution in [0.4, 0.5) is 0 Å². The fourth-order valence-electron chi connectivity index (χ4n) is 2.29. The highest BCUT2D eigenvalue weighted by Crippen LogP contribution is 2.31. The molecule has 0 spiro atoms. The van der Waals surface area contributed by atoms with Gasteiger partial charge in [-0.3, -0.25) is 14.5 Å². The summed E-state index contributed by atoms with van der Waals surface area (Å²) in [5.41, 5.74) is 0.786. The average molecular weight is 383 g/mol. The van der Waals surface area contributed by atoms with Crippen LogP contribution in [0.15, 0.2) is 35.4 Å². The molecule has 0 aliphatic carbocycles. The predicted octanol–water partition coefficient (Wildman–Crippen LogP) is 2.32. The fourth-order valence-corrected chi connectivity index (χ4v) is 3.48. The van der Waals surface area contributed by atoms with Crippen LogP contribution in [0.25, 0.3) is 0 Å². The number of benzene rings is 1. The first-order chi connectivity index (χ1) is 11.9. The Morgan fingerprint density at radius 1 is 1.44 bits per heavy atom. The normalized spacial score (nSPS) is 16.8. The van der Waals surface area contributed by atoms with Crippen molar-refractivity contribution in [1.82, 2.24) is 10.2 Å². The molecule has 1 aromatic rings. The van der Waals surface area contributed by atoms with Crippen molar-refractivity contribution < 1.29 is 19.1 Å². The van der Waals surface area contributed by atoms with Gasteiger partial charge in [-0.25, -0.2) is 4.79 Å². The van der Waals surface area contributed by atoms with Crippen LogP contribution in [0.1, 0.15) is 19.4 Å². The molecule has 1 saturated heterocycles. The number of thioether (sulfide) groups is 1. The van der Waals surface area contributed by atoms with Crippen LogP contribution < -0.4 is 5.32 Å². The number of rotatable bonds is 6. The van der Waals surface area contributed by atoms with Gasteiger partial charge in [0, 0.05) is 11.6 Å². The third-order valence-corrected chi connectivity index (χ3v) is 4.93. The lowest BCUT2D eigenvalue weighted by atomic mass is 10.2. The molecule has 0 bridgehead atoms. The molecule has 0 aromatic heterocycles. The minimum atomic E-state index is -0.745. The summed E-state index contributed by atoms with van der Waals surface area (Å²) in [6, 6.07) is 6.45. The Labute approximate surface area is 155 Å². The first kappa shape index (κ1) is 19.3. The smallest absolute Gasteiger partial charge is 0.333 e. The number of amides is 2. The van der Waals surface area contributed by atoms with Gasteiger partial charge in [0.05, 0.1) is 23.5 Å². The van der Waals surface area contributed by atoms with E-state index in [4.69, 9.17) is 16.3 Å². The van der Waals surface area contributed by atoms with Crippen LogP contribution in [-0.2, 0) is 25.7 Å². The molecule has 134 valence electrons. The van der Waals surface area contributed by atoms with E-state index in [2.05, 4.69) is 5.32 Å². The third-order valence-electron chi connectivity index (χ3n) is 3.56. The first-order valence-electron chi connectivity index (χ1n) is 7.78. The maximum Gasteiger partial charge on any atom is 0.333 e. The van der Waals surface area contributed by atoms with Crippen LogP contribution in [-0.4, -0.2) is 41.1 Å². The molecule has 2 amide bonds. The lowest BCUT2D eigenvalue weighted by Crippen LogP contribution is -2.45. The molecule has 6 nitrogen and oxygen atoms in total. The molecule has 1 fully saturated rings. The molecule has 1 unspecified atom stereocenters. The van der Waals surface area contributed by atoms with E-state index in [1.807, 2.05) is 18.2 Å². The van der Waals surface area contributed by atoms with Gasteiger partial charge in [-0.1, -0.05) is 41.6 Å². The van der Waals surface area contributed by atoms with Crippen LogP contribution in [0.2, 0.25) is 5.02 Å². The Kier molecular flexibility index (Phi) is 6.90. The van der Waals surface area contributed by atoms with Gasteiger partial charge in [0.15, 0.2) is 0 Å². The van der Waals surface area contributed by atoms with Crippen molar-refractivity contribution in [3.63, 3.8) is 0 Å². The zero-order valence-corrected chi connectivity index (χ0v) is 15.5. The van der Waals surface area contributed by atoms with Gasteiger partial charge in [0.1, 0.15) is 6.04 Å². The van der Waals surface area contributed by atoms with Crippen molar-refractivity contribution in [1.29, 1.82) is 0 Å². The molecular formula is C17H19ClN2O4S. The molecule has 1 N–H and O–H groups in total. The quantitative estimate of drug-likeness (QED) is 0.603. The number of hydrogen-bond donors (Lipinski definition) is 1. The molecule has 1 atom stereocenters. The number of hydrogen-bond acceptors (Lipinski definition) is 5. The van der Waals surface area contributed by atoms with E-state index in [0.29, 0.717) is 10.1 Å². The predicted molar refractivity (Wildman–Crippen MR) is 96.8 cm³/mol. The van der Waals surface area contributed by atoms with Crippen LogP contribution in [0.3, 0.4) is 0 Å². The Balaban J connectivity index is 2.04. The number of esters is 1. The maximum absolute atomic E-state index is 12.4. The molecule has 8 heteroatoms. The highest BCUT2D eigenvalue weighted by molar-refractivity contribution is 8.04. The molecular weight excluding hydrogens is 364 g/mol. The second-order valence-corrected chi connectivity index (χ2v) is 6.68. The zero-order chi connectivity index (χ0) is 18.4. The second-order valence-electron chi connectivity index (χ2n) is 5.27. The number of ether oxygens (including phenoxy) is 1. The molecule has 1 heterocycles. The van der Waals surface area contributed by atoms with E-state index in [-0.39, 0.29) is 30.7 Å². The van der Waals surface area contributed by atoms with Gasteiger partial charge in [-0.2, -0.15) is 0 Å². The SMILES string of the molecule is CCOC(=O)/C=C1\SCC(=O)N1C(C)C(=O)NCc1ccccc1Cl. The summed E-state index contributed by atoms with van der Waals surface area (Å²) in [4.78, 5) is 37.5. The van der Waals surface area contributed by atoms with Crippen LogP contribution in [0, 0.1) is 0 Å². The summed E-state index contributed by atoms with van der Waals surface area (Å²) in [6.45, 7) is 3.82. The highest BCUT2D eigenvalue weighted by Gasteiger charge is 2.34. The van der Waals surface area contributed by atoms with Crippen LogP contribution >= 0.6 is 23.4 Å². The molecule has 0 radical (unpaired) electrons. The molecule has 1 aromatic carbocycles. The highest BCUT2D eigenvalue weighted by atomic mass is 35.5. The van der Waals surface area contributed by atoms with Gasteiger partial charge >= 0.3 is 5.97 Å². The summed E-state index contributed by atoms with van der Waals surface area (Å²) in [5, 5.41) is 3.75. The van der Waals surface area contributed by atoms with E-state index in [9.17, 15) is 14.4 Å². The topological polar surface area (TPSA) is 75.7 Å². The third kappa shape index (κ3) is 4.99. The minimum Gasteiger partial charge on any atom is -0.463 e. The first-order valence-corrected chi connectivity index (χ1v) is 9.14. The summed E-state index contributed by atoms with van der Waals surface area (Å²) in [7, 11) is 0. The molecule has 0 saturated carbocycles. The van der Waals surface area contributed by atoms with E-state index < -0.39 is 12.0 Å². The molecule has 25 heavy (non-hydrogen) atoms. The van der Waals surface area contributed by atoms with Gasteiger partial charge in [0.2, 0.25) is 11.8 Å². The summed E-state index contributed by atoms with van der Waals surface area (Å²) >= 11 is 7.28. The monoisotopic (exact) mass is 382 g/mol. The van der Waals surface area contributed by atoms with E-state index in [0.717, 1.165) is 5.56 Å². The Morgan fingerprint density at radius 3 is 2.84 bits per heavy atom. The number of carbonyl (C=O) groups excluding carboxylic acids is 3. The Bertz CT molecular complexity index is 708. The van der Waals surface area contributed by atoms with Crippen molar-refractivity contribution in [3.05, 3.63) is 46.0 Å². The number of nitrogens with zero attached hydrogens (tertiary/aromatic N) is 1. The van der Waals surface area contributed by atoms with Crippen LogP contribution in [0.5, 0.6) is 0 Å². The lowest BCUT2D eigenvalue weighted by Gasteiger charge is -2.24. The van der Waals surface area contributed by atoms with Crippen molar-refractivity contribution in [2.45, 2.75) is 26.4 Å². The molecule has 2 rings (SSSR count). The van der Waals surface area contributed by atoms with Gasteiger partial charge in [0.25, 0.3) is 0 Å². The Hall–Kier alpha value is -1.99. The van der Waals surface area contributed by atoms with E-state index in [1.165, 1.54) is 22.7 Å². The number of carbonyl (C=O) groups is 3. The van der Waals surface area contributed by atoms with Crippen molar-refractivity contribution in [3.8, 4) is 0 Å². The standard InChI is InChI=1S/C17H19ClN2O4S/c1-3-24-16(22)8-15-20(14(21)10-25-15)11(2)17(23)19-9-12-6-4-5-7-13(12)18/h4-8,11H,3,9-10H2,1-2H3,(H,19,23)/b15-8-. The second kappa shape index (κ2) is 8.92. The summed E-state index contributed by atoms with van der Waals surface area (Å²) in [5.74, 6) is -0.896. The van der Waals surface area contributed by atoms with E-state index >= 15 is 0 Å². The van der Waals surface area contributed by atoms with Gasteiger partial charge < -0.3 is 10.1 Å². The zero-order valence-electron chi connectivity index (χ0n) is 14.0. The lowest BCUT2D eigenvalue weighted by molar-refractivity contribution is -0.137. The average Bonchev–Trinajstić information content (AvgIpc) is 2.93. The van der Waals surface area contributed by atoms with Gasteiger partial charge in [-0.05, 0) is 25.5 Å². The maximum atomic E-state index is 12.4. The summed E-state index contributed by atoms with van der Waals surface area (Å²) in [6.07, 6.45) is 1.25. The van der Waals surface area contributed by atoms with Crippen molar-refractivity contribution in [2.75, 3.05) is 12.4 Å². The summed E-state index contributed by atoms with van der Waals surface area (Å²) < 4.78 is 4.86. The minimum absolute atomic E-state index is 0.188. The van der Waals surface area contributed by atoms with Crippen molar-refractivity contribution in [2.24, 2.45) is 0 Å². The largest absolute Gasteiger partial charge is 0.463 e. The van der Waals surface area contributed by atoms with Gasteiger partial charge in [-0.15, -0.1) is 0 Å². The molecule has 1 aliphatic heterocycles. The number of nitrogens with one attached hydrogen (secondary N) is 1. The number of halogens is 1. The fraction of sp³-hybridized carbons (Fsp3) is 0.353. The Morgan fingerprint density at radius 2 is 2.16 bits per heavy atom.